The van der Waals surface area contributed by atoms with E-state index in [0.717, 1.165) is 11.3 Å². The number of nitrogens with one attached hydrogen (secondary N) is 1. The molecular weight excluding hydrogens is 372 g/mol. The second-order valence-electron chi connectivity index (χ2n) is 6.34. The summed E-state index contributed by atoms with van der Waals surface area (Å²) in [5, 5.41) is 4.69. The van der Waals surface area contributed by atoms with Crippen molar-refractivity contribution in [2.45, 2.75) is 13.0 Å². The largest absolute Gasteiger partial charge is 0.496 e. The molecule has 3 aromatic rings. The van der Waals surface area contributed by atoms with Crippen LogP contribution in [0.5, 0.6) is 5.75 Å². The van der Waals surface area contributed by atoms with E-state index in [0.29, 0.717) is 16.1 Å². The molecule has 0 spiro atoms. The minimum atomic E-state index is -0.156. The molecule has 6 heteroatoms. The minimum Gasteiger partial charge on any atom is -0.496 e. The number of carbonyl (C=O) groups is 2. The van der Waals surface area contributed by atoms with Gasteiger partial charge in [0.15, 0.2) is 0 Å². The Morgan fingerprint density at radius 2 is 1.75 bits per heavy atom. The molecule has 1 heterocycles. The third kappa shape index (κ3) is 4.23. The molecule has 28 heavy (non-hydrogen) atoms. The van der Waals surface area contributed by atoms with Crippen LogP contribution in [-0.2, 0) is 0 Å². The van der Waals surface area contributed by atoms with E-state index < -0.39 is 0 Å². The third-order valence-electron chi connectivity index (χ3n) is 4.62. The van der Waals surface area contributed by atoms with Crippen LogP contribution in [-0.4, -0.2) is 30.9 Å². The van der Waals surface area contributed by atoms with E-state index in [1.807, 2.05) is 42.6 Å². The third-order valence-corrected chi connectivity index (χ3v) is 5.49. The van der Waals surface area contributed by atoms with Crippen LogP contribution < -0.4 is 10.1 Å². The molecule has 0 radical (unpaired) electrons. The zero-order valence-electron chi connectivity index (χ0n) is 16.0. The second-order valence-corrected chi connectivity index (χ2v) is 7.29. The van der Waals surface area contributed by atoms with Crippen LogP contribution in [0.15, 0.2) is 66.0 Å². The van der Waals surface area contributed by atoms with Crippen LogP contribution in [0.2, 0.25) is 0 Å². The molecule has 3 rings (SSSR count). The lowest BCUT2D eigenvalue weighted by Crippen LogP contribution is -2.29. The van der Waals surface area contributed by atoms with Crippen molar-refractivity contribution in [2.75, 3.05) is 19.5 Å². The highest BCUT2D eigenvalue weighted by Gasteiger charge is 2.21. The van der Waals surface area contributed by atoms with Gasteiger partial charge in [0.25, 0.3) is 11.8 Å². The first-order valence-electron chi connectivity index (χ1n) is 8.86. The Hall–Kier alpha value is -3.12. The minimum absolute atomic E-state index is 0.102. The molecule has 2 amide bonds. The number of amides is 2. The highest BCUT2D eigenvalue weighted by Crippen LogP contribution is 2.29. The predicted octanol–water partition coefficient (Wildman–Crippen LogP) is 4.84. The van der Waals surface area contributed by atoms with Crippen LogP contribution in [0.4, 0.5) is 5.69 Å². The highest BCUT2D eigenvalue weighted by atomic mass is 32.1. The number of nitrogens with zero attached hydrogens (tertiary/aromatic N) is 1. The molecule has 0 saturated carbocycles. The fraction of sp³-hybridized carbons (Fsp3) is 0.182. The van der Waals surface area contributed by atoms with Gasteiger partial charge in [0, 0.05) is 23.9 Å². The van der Waals surface area contributed by atoms with Crippen molar-refractivity contribution in [3.63, 3.8) is 0 Å². The summed E-state index contributed by atoms with van der Waals surface area (Å²) in [7, 11) is 3.39. The summed E-state index contributed by atoms with van der Waals surface area (Å²) in [5.41, 5.74) is 2.15. The van der Waals surface area contributed by atoms with Crippen LogP contribution in [0.1, 0.15) is 38.6 Å². The molecule has 2 aromatic carbocycles. The number of para-hydroxylation sites is 1. The summed E-state index contributed by atoms with van der Waals surface area (Å²) in [6.45, 7) is 1.96. The Morgan fingerprint density at radius 3 is 2.39 bits per heavy atom. The van der Waals surface area contributed by atoms with E-state index in [1.165, 1.54) is 11.3 Å². The molecule has 0 aliphatic rings. The van der Waals surface area contributed by atoms with Crippen molar-refractivity contribution in [3.05, 3.63) is 82.0 Å². The Morgan fingerprint density at radius 1 is 1.04 bits per heavy atom. The van der Waals surface area contributed by atoms with Gasteiger partial charge in [-0.05, 0) is 48.7 Å². The van der Waals surface area contributed by atoms with Crippen molar-refractivity contribution in [1.82, 2.24) is 4.90 Å². The molecule has 0 unspecified atom stereocenters. The van der Waals surface area contributed by atoms with Crippen LogP contribution in [0, 0.1) is 0 Å². The van der Waals surface area contributed by atoms with Gasteiger partial charge in [-0.25, -0.2) is 0 Å². The quantitative estimate of drug-likeness (QED) is 0.651. The smallest absolute Gasteiger partial charge is 0.265 e. The van der Waals surface area contributed by atoms with Gasteiger partial charge in [-0.2, -0.15) is 0 Å². The van der Waals surface area contributed by atoms with Gasteiger partial charge < -0.3 is 15.0 Å². The molecule has 1 atom stereocenters. The Balaban J connectivity index is 1.70. The van der Waals surface area contributed by atoms with Gasteiger partial charge in [0.05, 0.1) is 18.0 Å². The average Bonchev–Trinajstić information content (AvgIpc) is 3.28. The zero-order valence-corrected chi connectivity index (χ0v) is 16.8. The number of anilines is 1. The van der Waals surface area contributed by atoms with E-state index in [9.17, 15) is 9.59 Å². The number of carbonyl (C=O) groups excluding carboxylic acids is 2. The van der Waals surface area contributed by atoms with Gasteiger partial charge >= 0.3 is 0 Å². The fourth-order valence-electron chi connectivity index (χ4n) is 2.90. The Labute approximate surface area is 168 Å². The number of thiophene rings is 1. The van der Waals surface area contributed by atoms with E-state index in [1.54, 1.807) is 49.4 Å². The van der Waals surface area contributed by atoms with Crippen LogP contribution >= 0.6 is 11.3 Å². The number of hydrogen-bond donors (Lipinski definition) is 1. The summed E-state index contributed by atoms with van der Waals surface area (Å²) < 4.78 is 5.41. The number of ether oxygens (including phenoxy) is 1. The first kappa shape index (κ1) is 19.6. The van der Waals surface area contributed by atoms with Crippen molar-refractivity contribution in [2.24, 2.45) is 0 Å². The summed E-state index contributed by atoms with van der Waals surface area (Å²) >= 11 is 1.38. The molecule has 0 saturated heterocycles. The zero-order chi connectivity index (χ0) is 20.1. The van der Waals surface area contributed by atoms with Crippen molar-refractivity contribution in [1.29, 1.82) is 0 Å². The second kappa shape index (κ2) is 8.71. The normalized spacial score (nSPS) is 11.5. The topological polar surface area (TPSA) is 58.6 Å². The predicted molar refractivity (Wildman–Crippen MR) is 112 cm³/mol. The van der Waals surface area contributed by atoms with E-state index in [-0.39, 0.29) is 17.9 Å². The summed E-state index contributed by atoms with van der Waals surface area (Å²) in [6, 6.07) is 18.0. The maximum Gasteiger partial charge on any atom is 0.265 e. The maximum atomic E-state index is 12.9. The number of benzene rings is 2. The summed E-state index contributed by atoms with van der Waals surface area (Å²) in [4.78, 5) is 27.3. The first-order chi connectivity index (χ1) is 13.5. The standard InChI is InChI=1S/C22H22N2O3S/c1-15(18-7-4-5-8-19(18)27-3)24(2)22(26)16-10-12-17(13-11-16)23-21(25)20-9-6-14-28-20/h4-15H,1-3H3,(H,23,25)/t15-/m0/s1. The molecule has 0 aliphatic carbocycles. The van der Waals surface area contributed by atoms with Gasteiger partial charge in [0.2, 0.25) is 0 Å². The van der Waals surface area contributed by atoms with Crippen molar-refractivity contribution in [3.8, 4) is 5.75 Å². The van der Waals surface area contributed by atoms with Crippen LogP contribution in [0.25, 0.3) is 0 Å². The lowest BCUT2D eigenvalue weighted by Gasteiger charge is -2.26. The van der Waals surface area contributed by atoms with Crippen molar-refractivity contribution >= 4 is 28.8 Å². The molecule has 1 N–H and O–H groups in total. The number of hydrogen-bond acceptors (Lipinski definition) is 4. The molecular formula is C22H22N2O3S. The molecule has 144 valence electrons. The molecule has 1 aromatic heterocycles. The van der Waals surface area contributed by atoms with Gasteiger partial charge in [-0.15, -0.1) is 11.3 Å². The average molecular weight is 394 g/mol. The van der Waals surface area contributed by atoms with Gasteiger partial charge in [-0.1, -0.05) is 24.3 Å². The molecule has 5 nitrogen and oxygen atoms in total. The molecule has 0 aliphatic heterocycles. The van der Waals surface area contributed by atoms with Gasteiger partial charge in [-0.3, -0.25) is 9.59 Å². The van der Waals surface area contributed by atoms with E-state index in [2.05, 4.69) is 5.32 Å². The van der Waals surface area contributed by atoms with Gasteiger partial charge in [0.1, 0.15) is 5.75 Å². The summed E-state index contributed by atoms with van der Waals surface area (Å²) in [6.07, 6.45) is 0. The molecule has 0 bridgehead atoms. The van der Waals surface area contributed by atoms with Crippen LogP contribution in [0.3, 0.4) is 0 Å². The fourth-order valence-corrected chi connectivity index (χ4v) is 3.52. The maximum absolute atomic E-state index is 12.9. The van der Waals surface area contributed by atoms with E-state index in [4.69, 9.17) is 4.74 Å². The Kier molecular flexibility index (Phi) is 6.11. The SMILES string of the molecule is COc1ccccc1[C@H](C)N(C)C(=O)c1ccc(NC(=O)c2cccs2)cc1. The number of rotatable bonds is 6. The van der Waals surface area contributed by atoms with E-state index >= 15 is 0 Å². The lowest BCUT2D eigenvalue weighted by atomic mass is 10.0. The lowest BCUT2D eigenvalue weighted by molar-refractivity contribution is 0.0741. The first-order valence-corrected chi connectivity index (χ1v) is 9.74. The van der Waals surface area contributed by atoms with Crippen molar-refractivity contribution < 1.29 is 14.3 Å². The highest BCUT2D eigenvalue weighted by molar-refractivity contribution is 7.12. The monoisotopic (exact) mass is 394 g/mol. The number of methoxy groups -OCH3 is 1. The summed E-state index contributed by atoms with van der Waals surface area (Å²) in [5.74, 6) is 0.492. The Bertz CT molecular complexity index is 952. The molecule has 0 fully saturated rings.